The van der Waals surface area contributed by atoms with Gasteiger partial charge in [-0.3, -0.25) is 4.79 Å². The lowest BCUT2D eigenvalue weighted by Crippen LogP contribution is -2.37. The van der Waals surface area contributed by atoms with Crippen molar-refractivity contribution in [1.29, 1.82) is 0 Å². The molecule has 1 saturated carbocycles. The fourth-order valence-corrected chi connectivity index (χ4v) is 5.05. The zero-order chi connectivity index (χ0) is 25.0. The van der Waals surface area contributed by atoms with Gasteiger partial charge in [0.25, 0.3) is 0 Å². The number of rotatable bonds is 9. The Kier molecular flexibility index (Phi) is 8.40. The van der Waals surface area contributed by atoms with Gasteiger partial charge in [0, 0.05) is 17.6 Å². The molecule has 1 aliphatic carbocycles. The van der Waals surface area contributed by atoms with E-state index in [-0.39, 0.29) is 35.5 Å². The van der Waals surface area contributed by atoms with E-state index >= 15 is 0 Å². The number of nitrogens with zero attached hydrogens (tertiary/aromatic N) is 2. The third-order valence-corrected chi connectivity index (χ3v) is 6.93. The number of hydrogen-bond acceptors (Lipinski definition) is 7. The first-order valence-electron chi connectivity index (χ1n) is 11.4. The van der Waals surface area contributed by atoms with Crippen LogP contribution in [0.4, 0.5) is 29.7 Å². The maximum atomic E-state index is 13.0. The van der Waals surface area contributed by atoms with Crippen molar-refractivity contribution < 1.29 is 28.2 Å². The fourth-order valence-electron chi connectivity index (χ4n) is 4.45. The maximum absolute atomic E-state index is 13.0. The summed E-state index contributed by atoms with van der Waals surface area (Å²) in [6, 6.07) is 5.52. The summed E-state index contributed by atoms with van der Waals surface area (Å²) in [7, 11) is 0. The standard InChI is InChI=1S/C23H31F3N4O3S/c1-12(2)20(14-4-7-16(31)8-5-14)27-17-9-6-15(13(3)10-19(32)33)11-18(17)28-22-29-21(30-34-22)23(24,25)26/h6,9,11-14,16,20,27,31H,4-5,7-8,10H2,1-3H3,(H,32,33)(H,28,29,30)/t13-,14?,16?,20-/m1/s1. The van der Waals surface area contributed by atoms with Gasteiger partial charge in [0.05, 0.1) is 23.9 Å². The smallest absolute Gasteiger partial charge is 0.452 e. The van der Waals surface area contributed by atoms with E-state index in [4.69, 9.17) is 5.11 Å². The molecule has 1 aromatic heterocycles. The fraction of sp³-hybridized carbons (Fsp3) is 0.609. The average molecular weight is 501 g/mol. The molecule has 4 N–H and O–H groups in total. The second-order valence-corrected chi connectivity index (χ2v) is 10.1. The first kappa shape index (κ1) is 26.2. The number of nitrogens with one attached hydrogen (secondary N) is 2. The molecule has 3 rings (SSSR count). The van der Waals surface area contributed by atoms with E-state index in [0.29, 0.717) is 28.8 Å². The Morgan fingerprint density at radius 2 is 1.85 bits per heavy atom. The predicted octanol–water partition coefficient (Wildman–Crippen LogP) is 5.87. The third kappa shape index (κ3) is 6.82. The van der Waals surface area contributed by atoms with Crippen LogP contribution in [0.1, 0.15) is 70.2 Å². The number of anilines is 3. The Balaban J connectivity index is 1.91. The molecule has 0 amide bonds. The van der Waals surface area contributed by atoms with E-state index in [2.05, 4.69) is 33.8 Å². The van der Waals surface area contributed by atoms with Crippen molar-refractivity contribution in [3.63, 3.8) is 0 Å². The van der Waals surface area contributed by atoms with Crippen LogP contribution in [-0.4, -0.2) is 37.7 Å². The number of halogens is 3. The van der Waals surface area contributed by atoms with Crippen molar-refractivity contribution in [2.45, 2.75) is 77.1 Å². The van der Waals surface area contributed by atoms with Gasteiger partial charge in [-0.2, -0.15) is 22.5 Å². The van der Waals surface area contributed by atoms with Gasteiger partial charge in [-0.25, -0.2) is 0 Å². The highest BCUT2D eigenvalue weighted by Crippen LogP contribution is 2.37. The van der Waals surface area contributed by atoms with Gasteiger partial charge in [0.15, 0.2) is 0 Å². The van der Waals surface area contributed by atoms with E-state index in [1.807, 2.05) is 12.1 Å². The van der Waals surface area contributed by atoms with Crippen LogP contribution >= 0.6 is 11.5 Å². The second-order valence-electron chi connectivity index (χ2n) is 9.33. The summed E-state index contributed by atoms with van der Waals surface area (Å²) in [5, 5.41) is 25.6. The Hall–Kier alpha value is -2.40. The number of carbonyl (C=O) groups is 1. The highest BCUT2D eigenvalue weighted by atomic mass is 32.1. The van der Waals surface area contributed by atoms with E-state index in [9.17, 15) is 23.1 Å². The number of benzene rings is 1. The molecule has 1 aliphatic rings. The SMILES string of the molecule is CC(C)[C@@H](Nc1ccc([C@H](C)CC(=O)O)cc1Nc1nc(C(F)(F)F)ns1)C1CCC(O)CC1. The second kappa shape index (κ2) is 10.9. The van der Waals surface area contributed by atoms with Gasteiger partial charge in [-0.05, 0) is 61.1 Å². The summed E-state index contributed by atoms with van der Waals surface area (Å²) in [5.74, 6) is -1.79. The molecule has 0 bridgehead atoms. The molecule has 11 heteroatoms. The molecule has 0 radical (unpaired) electrons. The Morgan fingerprint density at radius 1 is 1.18 bits per heavy atom. The van der Waals surface area contributed by atoms with Crippen LogP contribution in [0.25, 0.3) is 0 Å². The molecular formula is C23H31F3N4O3S. The first-order chi connectivity index (χ1) is 15.9. The number of aliphatic hydroxyl groups excluding tert-OH is 1. The number of carboxylic acids is 1. The minimum absolute atomic E-state index is 0.000276. The Morgan fingerprint density at radius 3 is 2.41 bits per heavy atom. The lowest BCUT2D eigenvalue weighted by molar-refractivity contribution is -0.144. The van der Waals surface area contributed by atoms with Crippen molar-refractivity contribution in [2.75, 3.05) is 10.6 Å². The van der Waals surface area contributed by atoms with Gasteiger partial charge in [0.1, 0.15) is 0 Å². The lowest BCUT2D eigenvalue weighted by atomic mass is 9.78. The molecule has 34 heavy (non-hydrogen) atoms. The van der Waals surface area contributed by atoms with Crippen LogP contribution in [0, 0.1) is 11.8 Å². The largest absolute Gasteiger partial charge is 0.481 e. The number of aliphatic hydroxyl groups is 1. The van der Waals surface area contributed by atoms with E-state index in [1.54, 1.807) is 13.0 Å². The van der Waals surface area contributed by atoms with Gasteiger partial charge >= 0.3 is 12.1 Å². The third-order valence-electron chi connectivity index (χ3n) is 6.30. The number of alkyl halides is 3. The van der Waals surface area contributed by atoms with Gasteiger partial charge in [0.2, 0.25) is 11.0 Å². The Labute approximate surface area is 201 Å². The maximum Gasteiger partial charge on any atom is 0.452 e. The van der Waals surface area contributed by atoms with Crippen LogP contribution in [0.5, 0.6) is 0 Å². The van der Waals surface area contributed by atoms with Gasteiger partial charge in [-0.15, -0.1) is 0 Å². The molecule has 1 aromatic carbocycles. The minimum atomic E-state index is -4.64. The number of hydrogen-bond donors (Lipinski definition) is 4. The average Bonchev–Trinajstić information content (AvgIpc) is 3.22. The van der Waals surface area contributed by atoms with Crippen LogP contribution in [0.3, 0.4) is 0 Å². The monoisotopic (exact) mass is 500 g/mol. The zero-order valence-corrected chi connectivity index (χ0v) is 20.2. The van der Waals surface area contributed by atoms with Crippen LogP contribution < -0.4 is 10.6 Å². The summed E-state index contributed by atoms with van der Waals surface area (Å²) in [6.45, 7) is 6.01. The topological polar surface area (TPSA) is 107 Å². The molecular weight excluding hydrogens is 469 g/mol. The van der Waals surface area contributed by atoms with Crippen molar-refractivity contribution in [2.24, 2.45) is 11.8 Å². The molecule has 0 aliphatic heterocycles. The molecule has 0 saturated heterocycles. The van der Waals surface area contributed by atoms with Gasteiger partial charge in [-0.1, -0.05) is 26.8 Å². The highest BCUT2D eigenvalue weighted by Gasteiger charge is 2.36. The molecule has 0 spiro atoms. The van der Waals surface area contributed by atoms with Crippen LogP contribution in [-0.2, 0) is 11.0 Å². The van der Waals surface area contributed by atoms with Gasteiger partial charge < -0.3 is 20.8 Å². The molecule has 1 heterocycles. The highest BCUT2D eigenvalue weighted by molar-refractivity contribution is 7.09. The minimum Gasteiger partial charge on any atom is -0.481 e. The molecule has 2 atom stereocenters. The normalized spacial score (nSPS) is 20.7. The molecule has 188 valence electrons. The van der Waals surface area contributed by atoms with Crippen molar-refractivity contribution in [3.05, 3.63) is 29.6 Å². The summed E-state index contributed by atoms with van der Waals surface area (Å²) >= 11 is 0.616. The first-order valence-corrected chi connectivity index (χ1v) is 12.2. The van der Waals surface area contributed by atoms with Crippen LogP contribution in [0.2, 0.25) is 0 Å². The Bertz CT molecular complexity index is 975. The summed E-state index contributed by atoms with van der Waals surface area (Å²) < 4.78 is 42.3. The van der Waals surface area contributed by atoms with E-state index in [0.717, 1.165) is 31.2 Å². The van der Waals surface area contributed by atoms with Crippen molar-refractivity contribution in [1.82, 2.24) is 9.36 Å². The molecule has 1 fully saturated rings. The van der Waals surface area contributed by atoms with E-state index in [1.165, 1.54) is 0 Å². The van der Waals surface area contributed by atoms with Crippen molar-refractivity contribution >= 4 is 34.0 Å². The number of aromatic nitrogens is 2. The molecule has 7 nitrogen and oxygen atoms in total. The predicted molar refractivity (Wildman–Crippen MR) is 126 cm³/mol. The molecule has 2 aromatic rings. The molecule has 0 unspecified atom stereocenters. The van der Waals surface area contributed by atoms with Crippen molar-refractivity contribution in [3.8, 4) is 0 Å². The summed E-state index contributed by atoms with van der Waals surface area (Å²) in [6.07, 6.45) is -1.70. The van der Waals surface area contributed by atoms with Crippen LogP contribution in [0.15, 0.2) is 18.2 Å². The quantitative estimate of drug-likeness (QED) is 0.341. The zero-order valence-electron chi connectivity index (χ0n) is 19.4. The summed E-state index contributed by atoms with van der Waals surface area (Å²) in [5.41, 5.74) is 1.96. The lowest BCUT2D eigenvalue weighted by Gasteiger charge is -2.36. The number of carboxylic acid groups (broad SMARTS) is 1. The summed E-state index contributed by atoms with van der Waals surface area (Å²) in [4.78, 5) is 14.7. The number of aliphatic carboxylic acids is 1. The van der Waals surface area contributed by atoms with E-state index < -0.39 is 18.0 Å².